The van der Waals surface area contributed by atoms with Crippen LogP contribution in [0.4, 0.5) is 15.8 Å². The quantitative estimate of drug-likeness (QED) is 0.695. The molecule has 29 heavy (non-hydrogen) atoms. The zero-order chi connectivity index (χ0) is 19.7. The largest absolute Gasteiger partial charge is 0.489 e. The summed E-state index contributed by atoms with van der Waals surface area (Å²) in [6.07, 6.45) is 2.30. The Labute approximate surface area is 166 Å². The number of carbonyl (C=O) groups is 1. The van der Waals surface area contributed by atoms with Crippen molar-refractivity contribution < 1.29 is 19.0 Å². The lowest BCUT2D eigenvalue weighted by molar-refractivity contribution is 0.0696. The number of fused-ring (bicyclic) bond motifs is 1. The Balaban J connectivity index is 1.49. The van der Waals surface area contributed by atoms with E-state index in [-0.39, 0.29) is 17.5 Å². The standard InChI is InChI=1S/C22H20FN3O3/c23-15-3-4-17-13(7-15)9-18(26(17)11-12-1-2-12)21-24-16-8-14(22(27)28)10-19-20(16)25(21)5-6-29-19/h3-4,7-10,12,21,24H,1-2,5-6,11H2,(H,27,28). The predicted molar refractivity (Wildman–Crippen MR) is 107 cm³/mol. The van der Waals surface area contributed by atoms with Gasteiger partial charge in [0.15, 0.2) is 0 Å². The monoisotopic (exact) mass is 393 g/mol. The van der Waals surface area contributed by atoms with Crippen molar-refractivity contribution in [1.29, 1.82) is 0 Å². The van der Waals surface area contributed by atoms with Crippen molar-refractivity contribution in [3.8, 4) is 5.75 Å². The molecule has 3 aromatic rings. The third-order valence-electron chi connectivity index (χ3n) is 6.12. The zero-order valence-electron chi connectivity index (χ0n) is 15.7. The maximum Gasteiger partial charge on any atom is 0.335 e. The molecule has 6 rings (SSSR count). The normalized spacial score (nSPS) is 19.8. The molecule has 0 saturated heterocycles. The number of aromatic nitrogens is 1. The molecule has 1 atom stereocenters. The molecule has 1 saturated carbocycles. The molecule has 0 spiro atoms. The summed E-state index contributed by atoms with van der Waals surface area (Å²) >= 11 is 0. The Hall–Kier alpha value is -3.22. The molecule has 148 valence electrons. The molecule has 2 aromatic carbocycles. The third-order valence-corrected chi connectivity index (χ3v) is 6.12. The molecule has 1 aromatic heterocycles. The Kier molecular flexibility index (Phi) is 3.39. The van der Waals surface area contributed by atoms with E-state index in [2.05, 4.69) is 20.9 Å². The number of ether oxygens (including phenoxy) is 1. The fraction of sp³-hybridized carbons (Fsp3) is 0.318. The van der Waals surface area contributed by atoms with Crippen LogP contribution < -0.4 is 15.0 Å². The molecule has 0 amide bonds. The number of carboxylic acids is 1. The summed E-state index contributed by atoms with van der Waals surface area (Å²) in [7, 11) is 0. The molecular formula is C22H20FN3O3. The molecule has 2 N–H and O–H groups in total. The van der Waals surface area contributed by atoms with Gasteiger partial charge in [-0.3, -0.25) is 0 Å². The van der Waals surface area contributed by atoms with Gasteiger partial charge in [0.25, 0.3) is 0 Å². The number of rotatable bonds is 4. The molecule has 0 bridgehead atoms. The topological polar surface area (TPSA) is 66.7 Å². The average molecular weight is 393 g/mol. The number of hydrogen-bond acceptors (Lipinski definition) is 4. The van der Waals surface area contributed by atoms with Crippen LogP contribution in [0.2, 0.25) is 0 Å². The van der Waals surface area contributed by atoms with Crippen molar-refractivity contribution in [1.82, 2.24) is 4.57 Å². The Morgan fingerprint density at radius 2 is 2.10 bits per heavy atom. The van der Waals surface area contributed by atoms with Crippen molar-refractivity contribution in [3.05, 3.63) is 53.5 Å². The van der Waals surface area contributed by atoms with E-state index in [1.54, 1.807) is 18.2 Å². The van der Waals surface area contributed by atoms with Gasteiger partial charge < -0.3 is 24.6 Å². The van der Waals surface area contributed by atoms with E-state index in [1.807, 2.05) is 6.07 Å². The van der Waals surface area contributed by atoms with E-state index in [4.69, 9.17) is 4.74 Å². The zero-order valence-corrected chi connectivity index (χ0v) is 15.7. The molecule has 1 unspecified atom stereocenters. The second-order valence-corrected chi connectivity index (χ2v) is 8.09. The maximum atomic E-state index is 13.9. The van der Waals surface area contributed by atoms with Crippen LogP contribution in [0, 0.1) is 11.7 Å². The van der Waals surface area contributed by atoms with Crippen molar-refractivity contribution in [2.24, 2.45) is 5.92 Å². The van der Waals surface area contributed by atoms with Gasteiger partial charge in [-0.05, 0) is 55.2 Å². The van der Waals surface area contributed by atoms with Gasteiger partial charge in [0, 0.05) is 17.4 Å². The molecule has 1 aliphatic carbocycles. The molecule has 3 aliphatic rings. The smallest absolute Gasteiger partial charge is 0.335 e. The highest BCUT2D eigenvalue weighted by molar-refractivity contribution is 5.95. The summed E-state index contributed by atoms with van der Waals surface area (Å²) in [5.74, 6) is 0.0393. The van der Waals surface area contributed by atoms with E-state index >= 15 is 0 Å². The lowest BCUT2D eigenvalue weighted by Crippen LogP contribution is -2.35. The van der Waals surface area contributed by atoms with Crippen LogP contribution in [0.1, 0.15) is 35.1 Å². The van der Waals surface area contributed by atoms with E-state index in [1.165, 1.54) is 18.9 Å². The number of carboxylic acid groups (broad SMARTS) is 1. The second-order valence-electron chi connectivity index (χ2n) is 8.09. The van der Waals surface area contributed by atoms with Crippen LogP contribution in [0.5, 0.6) is 5.75 Å². The van der Waals surface area contributed by atoms with Gasteiger partial charge in [0.2, 0.25) is 0 Å². The summed E-state index contributed by atoms with van der Waals surface area (Å²) in [6, 6.07) is 10.3. The summed E-state index contributed by atoms with van der Waals surface area (Å²) in [5.41, 5.74) is 3.97. The first-order valence-corrected chi connectivity index (χ1v) is 9.94. The van der Waals surface area contributed by atoms with Crippen molar-refractivity contribution >= 4 is 28.2 Å². The molecule has 3 heterocycles. The molecule has 1 fully saturated rings. The number of aromatic carboxylic acids is 1. The van der Waals surface area contributed by atoms with Crippen LogP contribution in [0.15, 0.2) is 36.4 Å². The van der Waals surface area contributed by atoms with Gasteiger partial charge >= 0.3 is 5.97 Å². The molecule has 2 aliphatic heterocycles. The van der Waals surface area contributed by atoms with Crippen molar-refractivity contribution in [2.75, 3.05) is 23.4 Å². The van der Waals surface area contributed by atoms with E-state index < -0.39 is 5.97 Å². The highest BCUT2D eigenvalue weighted by Gasteiger charge is 2.38. The molecular weight excluding hydrogens is 373 g/mol. The van der Waals surface area contributed by atoms with E-state index in [9.17, 15) is 14.3 Å². The SMILES string of the molecule is O=C(O)c1cc2c3c(c1)OCCN3C(c1cc3cc(F)ccc3n1CC1CC1)N2. The molecule has 7 heteroatoms. The predicted octanol–water partition coefficient (Wildman–Crippen LogP) is 4.21. The van der Waals surface area contributed by atoms with E-state index in [0.717, 1.165) is 34.5 Å². The van der Waals surface area contributed by atoms with Crippen LogP contribution in [0.25, 0.3) is 10.9 Å². The van der Waals surface area contributed by atoms with Crippen LogP contribution in [-0.4, -0.2) is 28.8 Å². The minimum Gasteiger partial charge on any atom is -0.489 e. The fourth-order valence-electron chi connectivity index (χ4n) is 4.58. The highest BCUT2D eigenvalue weighted by Crippen LogP contribution is 2.50. The second kappa shape index (κ2) is 5.89. The van der Waals surface area contributed by atoms with Crippen LogP contribution in [0.3, 0.4) is 0 Å². The van der Waals surface area contributed by atoms with Gasteiger partial charge in [-0.15, -0.1) is 0 Å². The maximum absolute atomic E-state index is 13.9. The summed E-state index contributed by atoms with van der Waals surface area (Å²) in [4.78, 5) is 13.7. The van der Waals surface area contributed by atoms with E-state index in [0.29, 0.717) is 24.8 Å². The van der Waals surface area contributed by atoms with Crippen molar-refractivity contribution in [3.63, 3.8) is 0 Å². The lowest BCUT2D eigenvalue weighted by Gasteiger charge is -2.32. The van der Waals surface area contributed by atoms with Gasteiger partial charge in [-0.2, -0.15) is 0 Å². The Bertz CT molecular complexity index is 1170. The van der Waals surface area contributed by atoms with Gasteiger partial charge in [-0.1, -0.05) is 0 Å². The van der Waals surface area contributed by atoms with Crippen LogP contribution >= 0.6 is 0 Å². The van der Waals surface area contributed by atoms with Gasteiger partial charge in [0.05, 0.1) is 23.5 Å². The van der Waals surface area contributed by atoms with Gasteiger partial charge in [0.1, 0.15) is 30.0 Å². The summed E-state index contributed by atoms with van der Waals surface area (Å²) < 4.78 is 21.9. The number of nitrogens with one attached hydrogen (secondary N) is 1. The van der Waals surface area contributed by atoms with Gasteiger partial charge in [-0.25, -0.2) is 9.18 Å². The number of halogens is 1. The molecule has 0 radical (unpaired) electrons. The Morgan fingerprint density at radius 1 is 1.24 bits per heavy atom. The minimum absolute atomic E-state index is 0.147. The number of nitrogens with zero attached hydrogens (tertiary/aromatic N) is 2. The fourth-order valence-corrected chi connectivity index (χ4v) is 4.58. The molecule has 6 nitrogen and oxygen atoms in total. The summed E-state index contributed by atoms with van der Waals surface area (Å²) in [5, 5.41) is 13.8. The average Bonchev–Trinajstić information content (AvgIpc) is 3.35. The third kappa shape index (κ3) is 2.57. The number of hydrogen-bond donors (Lipinski definition) is 2. The highest BCUT2D eigenvalue weighted by atomic mass is 19.1. The first-order chi connectivity index (χ1) is 14.1. The number of benzene rings is 2. The first-order valence-electron chi connectivity index (χ1n) is 9.94. The Morgan fingerprint density at radius 3 is 2.90 bits per heavy atom. The van der Waals surface area contributed by atoms with Crippen molar-refractivity contribution in [2.45, 2.75) is 25.6 Å². The first kappa shape index (κ1) is 16.7. The van der Waals surface area contributed by atoms with Crippen LogP contribution in [-0.2, 0) is 6.54 Å². The summed E-state index contributed by atoms with van der Waals surface area (Å²) in [6.45, 7) is 2.10. The number of anilines is 2. The lowest BCUT2D eigenvalue weighted by atomic mass is 10.1. The minimum atomic E-state index is -0.978.